The van der Waals surface area contributed by atoms with E-state index in [2.05, 4.69) is 10.6 Å². The zero-order valence-corrected chi connectivity index (χ0v) is 10.1. The van der Waals surface area contributed by atoms with Crippen LogP contribution in [0.15, 0.2) is 0 Å². The Hall–Kier alpha value is -0.650. The number of β-amino-alcohol motifs (C(OH)–C–C–N with tert-alkyl or cyclic N) is 1. The van der Waals surface area contributed by atoms with E-state index in [-0.39, 0.29) is 12.0 Å². The molecule has 1 rings (SSSR count). The van der Waals surface area contributed by atoms with Gasteiger partial charge in [-0.2, -0.15) is 0 Å². The second kappa shape index (κ2) is 6.18. The number of rotatable bonds is 6. The summed E-state index contributed by atoms with van der Waals surface area (Å²) in [5.74, 6) is -0.0239. The number of hydrogen-bond donors (Lipinski definition) is 3. The number of carbonyl (C=O) groups is 1. The molecule has 0 aliphatic carbocycles. The molecule has 5 nitrogen and oxygen atoms in total. The number of methoxy groups -OCH3 is 1. The lowest BCUT2D eigenvalue weighted by atomic mass is 10.0. The van der Waals surface area contributed by atoms with Gasteiger partial charge in [-0.05, 0) is 26.3 Å². The molecule has 3 N–H and O–H groups in total. The number of carbonyl (C=O) groups excluding carboxylic acids is 1. The highest BCUT2D eigenvalue weighted by atomic mass is 16.5. The first kappa shape index (κ1) is 13.4. The summed E-state index contributed by atoms with van der Waals surface area (Å²) in [6.07, 6.45) is 1.95. The average Bonchev–Trinajstić information content (AvgIpc) is 2.71. The van der Waals surface area contributed by atoms with Crippen molar-refractivity contribution in [3.63, 3.8) is 0 Å². The van der Waals surface area contributed by atoms with E-state index in [4.69, 9.17) is 4.74 Å². The van der Waals surface area contributed by atoms with Gasteiger partial charge in [0, 0.05) is 26.6 Å². The van der Waals surface area contributed by atoms with E-state index >= 15 is 0 Å². The van der Waals surface area contributed by atoms with Gasteiger partial charge in [0.1, 0.15) is 0 Å². The van der Waals surface area contributed by atoms with Crippen LogP contribution in [-0.2, 0) is 9.53 Å². The molecule has 2 atom stereocenters. The van der Waals surface area contributed by atoms with Gasteiger partial charge in [0.25, 0.3) is 0 Å². The highest BCUT2D eigenvalue weighted by molar-refractivity contribution is 5.75. The number of amides is 1. The first-order valence-corrected chi connectivity index (χ1v) is 5.78. The Kier molecular flexibility index (Phi) is 5.18. The van der Waals surface area contributed by atoms with Crippen molar-refractivity contribution in [1.29, 1.82) is 0 Å². The molecule has 0 aromatic rings. The molecule has 1 amide bonds. The number of hydrogen-bond acceptors (Lipinski definition) is 4. The standard InChI is InChI=1S/C11H22N2O3/c1-9(16-2)3-4-10(14)13-8-11(15)5-6-12-7-11/h9,12,15H,3-8H2,1-2H3,(H,13,14). The minimum atomic E-state index is -0.761. The third-order valence-corrected chi connectivity index (χ3v) is 3.02. The van der Waals surface area contributed by atoms with E-state index < -0.39 is 5.60 Å². The van der Waals surface area contributed by atoms with Gasteiger partial charge in [0.15, 0.2) is 0 Å². The van der Waals surface area contributed by atoms with Gasteiger partial charge >= 0.3 is 0 Å². The van der Waals surface area contributed by atoms with Gasteiger partial charge in [-0.3, -0.25) is 4.79 Å². The van der Waals surface area contributed by atoms with Crippen LogP contribution in [0.25, 0.3) is 0 Å². The van der Waals surface area contributed by atoms with Crippen LogP contribution in [0.4, 0.5) is 0 Å². The smallest absolute Gasteiger partial charge is 0.220 e. The number of aliphatic hydroxyl groups is 1. The third kappa shape index (κ3) is 4.47. The van der Waals surface area contributed by atoms with Gasteiger partial charge in [0.05, 0.1) is 11.7 Å². The Balaban J connectivity index is 2.14. The van der Waals surface area contributed by atoms with Crippen LogP contribution < -0.4 is 10.6 Å². The Morgan fingerprint density at radius 1 is 1.69 bits per heavy atom. The summed E-state index contributed by atoms with van der Waals surface area (Å²) >= 11 is 0. The Morgan fingerprint density at radius 2 is 2.44 bits per heavy atom. The molecule has 1 aliphatic heterocycles. The topological polar surface area (TPSA) is 70.6 Å². The van der Waals surface area contributed by atoms with Gasteiger partial charge in [0.2, 0.25) is 5.91 Å². The molecule has 5 heteroatoms. The fraction of sp³-hybridized carbons (Fsp3) is 0.909. The highest BCUT2D eigenvalue weighted by Crippen LogP contribution is 2.12. The molecule has 1 heterocycles. The van der Waals surface area contributed by atoms with Crippen LogP contribution >= 0.6 is 0 Å². The average molecular weight is 230 g/mol. The quantitative estimate of drug-likeness (QED) is 0.583. The Morgan fingerprint density at radius 3 is 3.00 bits per heavy atom. The van der Waals surface area contributed by atoms with E-state index in [9.17, 15) is 9.90 Å². The van der Waals surface area contributed by atoms with E-state index in [1.807, 2.05) is 6.92 Å². The molecule has 0 spiro atoms. The molecule has 0 aromatic heterocycles. The second-order valence-corrected chi connectivity index (χ2v) is 4.51. The predicted octanol–water partition coefficient (Wildman–Crippen LogP) is -0.358. The molecule has 0 bridgehead atoms. The van der Waals surface area contributed by atoms with Gasteiger partial charge in [-0.1, -0.05) is 0 Å². The van der Waals surface area contributed by atoms with Crippen molar-refractivity contribution in [2.45, 2.75) is 37.9 Å². The van der Waals surface area contributed by atoms with Crippen LogP contribution in [0.1, 0.15) is 26.2 Å². The molecule has 1 fully saturated rings. The first-order chi connectivity index (χ1) is 7.56. The minimum Gasteiger partial charge on any atom is -0.387 e. The van der Waals surface area contributed by atoms with Crippen molar-refractivity contribution in [1.82, 2.24) is 10.6 Å². The monoisotopic (exact) mass is 230 g/mol. The van der Waals surface area contributed by atoms with Crippen LogP contribution in [0.2, 0.25) is 0 Å². The molecule has 2 unspecified atom stereocenters. The maximum Gasteiger partial charge on any atom is 0.220 e. The van der Waals surface area contributed by atoms with E-state index in [0.717, 1.165) is 6.54 Å². The number of nitrogens with one attached hydrogen (secondary N) is 2. The predicted molar refractivity (Wildman–Crippen MR) is 61.2 cm³/mol. The highest BCUT2D eigenvalue weighted by Gasteiger charge is 2.31. The molecule has 1 aliphatic rings. The molecular formula is C11H22N2O3. The van der Waals surface area contributed by atoms with E-state index in [1.165, 1.54) is 0 Å². The molecule has 1 saturated heterocycles. The molecule has 94 valence electrons. The summed E-state index contributed by atoms with van der Waals surface area (Å²) in [7, 11) is 1.63. The lowest BCUT2D eigenvalue weighted by molar-refractivity contribution is -0.122. The van der Waals surface area contributed by atoms with Crippen LogP contribution in [0.5, 0.6) is 0 Å². The Labute approximate surface area is 96.6 Å². The summed E-state index contributed by atoms with van der Waals surface area (Å²) in [5, 5.41) is 15.8. The largest absolute Gasteiger partial charge is 0.387 e. The normalized spacial score (nSPS) is 26.7. The first-order valence-electron chi connectivity index (χ1n) is 5.78. The van der Waals surface area contributed by atoms with Crippen molar-refractivity contribution in [2.24, 2.45) is 0 Å². The minimum absolute atomic E-state index is 0.0239. The maximum atomic E-state index is 11.5. The van der Waals surface area contributed by atoms with Crippen molar-refractivity contribution >= 4 is 5.91 Å². The lowest BCUT2D eigenvalue weighted by Gasteiger charge is -2.21. The van der Waals surface area contributed by atoms with Crippen LogP contribution in [-0.4, -0.2) is 49.5 Å². The summed E-state index contributed by atoms with van der Waals surface area (Å²) in [6.45, 7) is 3.64. The summed E-state index contributed by atoms with van der Waals surface area (Å²) < 4.78 is 5.06. The molecular weight excluding hydrogens is 208 g/mol. The second-order valence-electron chi connectivity index (χ2n) is 4.51. The molecule has 0 radical (unpaired) electrons. The van der Waals surface area contributed by atoms with E-state index in [1.54, 1.807) is 7.11 Å². The fourth-order valence-electron chi connectivity index (χ4n) is 1.69. The molecule has 16 heavy (non-hydrogen) atoms. The van der Waals surface area contributed by atoms with Crippen LogP contribution in [0, 0.1) is 0 Å². The molecule has 0 aromatic carbocycles. The zero-order chi connectivity index (χ0) is 12.0. The number of ether oxygens (including phenoxy) is 1. The summed E-state index contributed by atoms with van der Waals surface area (Å²) in [6, 6.07) is 0. The van der Waals surface area contributed by atoms with Crippen molar-refractivity contribution in [3.05, 3.63) is 0 Å². The summed E-state index contributed by atoms with van der Waals surface area (Å²) in [4.78, 5) is 11.5. The zero-order valence-electron chi connectivity index (χ0n) is 10.1. The van der Waals surface area contributed by atoms with Crippen LogP contribution in [0.3, 0.4) is 0 Å². The van der Waals surface area contributed by atoms with Gasteiger partial charge < -0.3 is 20.5 Å². The lowest BCUT2D eigenvalue weighted by Crippen LogP contribution is -2.44. The van der Waals surface area contributed by atoms with E-state index in [0.29, 0.717) is 32.4 Å². The third-order valence-electron chi connectivity index (χ3n) is 3.02. The fourth-order valence-corrected chi connectivity index (χ4v) is 1.69. The van der Waals surface area contributed by atoms with Crippen molar-refractivity contribution < 1.29 is 14.6 Å². The summed E-state index contributed by atoms with van der Waals surface area (Å²) in [5.41, 5.74) is -0.761. The van der Waals surface area contributed by atoms with Crippen molar-refractivity contribution in [3.8, 4) is 0 Å². The Bertz CT molecular complexity index is 227. The molecule has 0 saturated carbocycles. The van der Waals surface area contributed by atoms with Gasteiger partial charge in [-0.25, -0.2) is 0 Å². The van der Waals surface area contributed by atoms with Gasteiger partial charge in [-0.15, -0.1) is 0 Å². The maximum absolute atomic E-state index is 11.5. The SMILES string of the molecule is COC(C)CCC(=O)NCC1(O)CCNC1. The van der Waals surface area contributed by atoms with Crippen molar-refractivity contribution in [2.75, 3.05) is 26.7 Å².